The first-order chi connectivity index (χ1) is 18.6. The van der Waals surface area contributed by atoms with Crippen molar-refractivity contribution in [1.29, 1.82) is 0 Å². The van der Waals surface area contributed by atoms with Crippen LogP contribution in [-0.2, 0) is 35.1 Å². The summed E-state index contributed by atoms with van der Waals surface area (Å²) < 4.78 is 10.8. The zero-order chi connectivity index (χ0) is 28.5. The first-order valence-corrected chi connectivity index (χ1v) is 13.2. The van der Waals surface area contributed by atoms with Gasteiger partial charge in [-0.2, -0.15) is 0 Å². The first kappa shape index (κ1) is 29.9. The van der Waals surface area contributed by atoms with Crippen molar-refractivity contribution in [3.05, 3.63) is 29.8 Å². The molecule has 39 heavy (non-hydrogen) atoms. The van der Waals surface area contributed by atoms with E-state index in [1.54, 1.807) is 36.2 Å². The second kappa shape index (κ2) is 13.9. The van der Waals surface area contributed by atoms with Crippen molar-refractivity contribution in [2.45, 2.75) is 38.8 Å². The number of amides is 5. The number of methoxy groups -OCH3 is 1. The molecule has 2 atom stereocenters. The molecule has 12 heteroatoms. The van der Waals surface area contributed by atoms with Gasteiger partial charge in [0.25, 0.3) is 5.91 Å². The summed E-state index contributed by atoms with van der Waals surface area (Å²) in [5.41, 5.74) is 0.752. The molecule has 12 nitrogen and oxygen atoms in total. The van der Waals surface area contributed by atoms with Gasteiger partial charge in [-0.3, -0.25) is 24.0 Å². The molecule has 0 unspecified atom stereocenters. The van der Waals surface area contributed by atoms with E-state index in [4.69, 9.17) is 9.47 Å². The van der Waals surface area contributed by atoms with Crippen LogP contribution >= 0.6 is 0 Å². The third-order valence-electron chi connectivity index (χ3n) is 6.69. The van der Waals surface area contributed by atoms with E-state index >= 15 is 0 Å². The third kappa shape index (κ3) is 8.67. The summed E-state index contributed by atoms with van der Waals surface area (Å²) >= 11 is 0. The number of nitrogens with zero attached hydrogens (tertiary/aromatic N) is 3. The number of carbonyl (C=O) groups is 5. The number of hydrogen-bond acceptors (Lipinski definition) is 7. The van der Waals surface area contributed by atoms with E-state index in [9.17, 15) is 24.0 Å². The summed E-state index contributed by atoms with van der Waals surface area (Å²) in [4.78, 5) is 69.5. The molecule has 0 saturated carbocycles. The average Bonchev–Trinajstić information content (AvgIpc) is 2.89. The number of hydrogen-bond donors (Lipinski definition) is 2. The molecular weight excluding hydrogens is 506 g/mol. The molecule has 0 radical (unpaired) electrons. The Morgan fingerprint density at radius 3 is 2.41 bits per heavy atom. The van der Waals surface area contributed by atoms with E-state index < -0.39 is 29.8 Å². The van der Waals surface area contributed by atoms with Gasteiger partial charge in [-0.15, -0.1) is 0 Å². The van der Waals surface area contributed by atoms with Crippen LogP contribution in [0.4, 0.5) is 0 Å². The lowest BCUT2D eigenvalue weighted by atomic mass is 10.0. The lowest BCUT2D eigenvalue weighted by molar-refractivity contribution is -0.146. The highest BCUT2D eigenvalue weighted by atomic mass is 16.5. The largest absolute Gasteiger partial charge is 0.484 e. The summed E-state index contributed by atoms with van der Waals surface area (Å²) in [7, 11) is 3.17. The topological polar surface area (TPSA) is 138 Å². The van der Waals surface area contributed by atoms with Crippen LogP contribution in [0.5, 0.6) is 5.75 Å². The number of ether oxygens (including phenoxy) is 2. The molecule has 1 saturated heterocycles. The van der Waals surface area contributed by atoms with E-state index in [2.05, 4.69) is 10.6 Å². The lowest BCUT2D eigenvalue weighted by Crippen LogP contribution is -2.58. The summed E-state index contributed by atoms with van der Waals surface area (Å²) in [5.74, 6) is -1.41. The molecule has 3 aliphatic heterocycles. The van der Waals surface area contributed by atoms with Gasteiger partial charge in [-0.25, -0.2) is 0 Å². The van der Waals surface area contributed by atoms with Gasteiger partial charge >= 0.3 is 0 Å². The van der Waals surface area contributed by atoms with Gasteiger partial charge in [-0.05, 0) is 30.0 Å². The Hall–Kier alpha value is -3.67. The van der Waals surface area contributed by atoms with Gasteiger partial charge in [0.1, 0.15) is 17.8 Å². The van der Waals surface area contributed by atoms with Crippen LogP contribution in [0, 0.1) is 5.92 Å². The Balaban J connectivity index is 1.91. The Morgan fingerprint density at radius 2 is 1.77 bits per heavy atom. The maximum Gasteiger partial charge on any atom is 0.258 e. The quantitative estimate of drug-likeness (QED) is 0.456. The maximum atomic E-state index is 13.5. The molecule has 3 aliphatic rings. The lowest BCUT2D eigenvalue weighted by Gasteiger charge is -2.34. The highest BCUT2D eigenvalue weighted by Gasteiger charge is 2.33. The molecule has 0 aliphatic carbocycles. The van der Waals surface area contributed by atoms with Crippen LogP contribution in [0.3, 0.4) is 0 Å². The highest BCUT2D eigenvalue weighted by molar-refractivity contribution is 5.94. The minimum Gasteiger partial charge on any atom is -0.484 e. The van der Waals surface area contributed by atoms with Gasteiger partial charge in [-0.1, -0.05) is 26.0 Å². The van der Waals surface area contributed by atoms with Crippen molar-refractivity contribution in [1.82, 2.24) is 25.3 Å². The van der Waals surface area contributed by atoms with Crippen molar-refractivity contribution >= 4 is 29.5 Å². The summed E-state index contributed by atoms with van der Waals surface area (Å²) in [6.45, 7) is 4.26. The van der Waals surface area contributed by atoms with E-state index in [1.807, 2.05) is 13.8 Å². The molecule has 1 aromatic carbocycles. The first-order valence-electron chi connectivity index (χ1n) is 13.2. The Morgan fingerprint density at radius 1 is 1.05 bits per heavy atom. The number of rotatable bonds is 6. The molecular formula is C27H39N5O7. The van der Waals surface area contributed by atoms with Crippen LogP contribution in [0.25, 0.3) is 0 Å². The van der Waals surface area contributed by atoms with Crippen LogP contribution in [0.1, 0.15) is 25.8 Å². The number of likely N-dealkylation sites (N-methyl/N-ethyl adjacent to an activating group) is 1. The minimum atomic E-state index is -0.945. The van der Waals surface area contributed by atoms with Crippen molar-refractivity contribution in [2.24, 2.45) is 5.92 Å². The summed E-state index contributed by atoms with van der Waals surface area (Å²) in [6.07, 6.45) is 0.538. The molecule has 2 N–H and O–H groups in total. The molecule has 2 bridgehead atoms. The van der Waals surface area contributed by atoms with Crippen molar-refractivity contribution in [2.75, 3.05) is 60.1 Å². The molecule has 4 rings (SSSR count). The molecule has 1 aromatic rings. The van der Waals surface area contributed by atoms with Gasteiger partial charge < -0.3 is 34.8 Å². The smallest absolute Gasteiger partial charge is 0.258 e. The van der Waals surface area contributed by atoms with E-state index in [0.717, 1.165) is 5.56 Å². The number of fused-ring (bicyclic) bond motifs is 13. The van der Waals surface area contributed by atoms with Gasteiger partial charge in [0.05, 0.1) is 19.7 Å². The molecule has 5 amide bonds. The van der Waals surface area contributed by atoms with Crippen LogP contribution < -0.4 is 15.4 Å². The fraction of sp³-hybridized carbons (Fsp3) is 0.593. The Labute approximate surface area is 228 Å². The Kier molecular flexibility index (Phi) is 10.7. The standard InChI is InChI=1S/C27H39N5O7/c1-18(2)13-21-26(36)32(11-12-38-4)15-23(33)28-22(27(37)31-10-9-30(3)25(35)16-31)14-19-5-7-20(8-6-19)39-17-24(34)29-21/h5-8,18,21-22H,9-17H2,1-4H3,(H,28,33)(H,29,34)/t21-,22-/m0/s1. The minimum absolute atomic E-state index is 0.0660. The Bertz CT molecular complexity index is 1050. The second-order valence-corrected chi connectivity index (χ2v) is 10.3. The maximum absolute atomic E-state index is 13.5. The number of piperazine rings is 1. The monoisotopic (exact) mass is 545 g/mol. The van der Waals surface area contributed by atoms with Gasteiger partial charge in [0.15, 0.2) is 6.61 Å². The van der Waals surface area contributed by atoms with E-state index in [0.29, 0.717) is 25.3 Å². The van der Waals surface area contributed by atoms with Gasteiger partial charge in [0, 0.05) is 40.2 Å². The summed E-state index contributed by atoms with van der Waals surface area (Å²) in [6, 6.07) is 5.07. The predicted molar refractivity (Wildman–Crippen MR) is 142 cm³/mol. The highest BCUT2D eigenvalue weighted by Crippen LogP contribution is 2.16. The summed E-state index contributed by atoms with van der Waals surface area (Å²) in [5, 5.41) is 5.54. The zero-order valence-corrected chi connectivity index (χ0v) is 23.1. The normalized spacial score (nSPS) is 21.6. The SMILES string of the molecule is COCCN1CC(=O)N[C@H](C(=O)N2CCN(C)C(=O)C2)Cc2ccc(cc2)OCC(=O)N[C@@H](CC(C)C)C1=O. The molecule has 0 aromatic heterocycles. The van der Waals surface area contributed by atoms with Gasteiger partial charge in [0.2, 0.25) is 23.6 Å². The molecule has 3 heterocycles. The average molecular weight is 546 g/mol. The molecule has 1 fully saturated rings. The van der Waals surface area contributed by atoms with E-state index in [-0.39, 0.29) is 57.0 Å². The zero-order valence-electron chi connectivity index (χ0n) is 23.1. The van der Waals surface area contributed by atoms with Crippen LogP contribution in [0.2, 0.25) is 0 Å². The fourth-order valence-corrected chi connectivity index (χ4v) is 4.50. The number of carbonyl (C=O) groups excluding carboxylic acids is 5. The number of nitrogens with one attached hydrogen (secondary N) is 2. The number of benzene rings is 1. The predicted octanol–water partition coefficient (Wildman–Crippen LogP) is -0.587. The van der Waals surface area contributed by atoms with E-state index in [1.165, 1.54) is 16.9 Å². The van der Waals surface area contributed by atoms with Crippen molar-refractivity contribution in [3.8, 4) is 5.75 Å². The van der Waals surface area contributed by atoms with Crippen LogP contribution in [0.15, 0.2) is 24.3 Å². The molecule has 0 spiro atoms. The van der Waals surface area contributed by atoms with Crippen molar-refractivity contribution < 1.29 is 33.4 Å². The van der Waals surface area contributed by atoms with Crippen molar-refractivity contribution in [3.63, 3.8) is 0 Å². The third-order valence-corrected chi connectivity index (χ3v) is 6.69. The van der Waals surface area contributed by atoms with Crippen LogP contribution in [-0.4, -0.2) is 116 Å². The fourth-order valence-electron chi connectivity index (χ4n) is 4.50. The second-order valence-electron chi connectivity index (χ2n) is 10.3. The molecule has 214 valence electrons.